The molecule has 1 heteroatoms. The monoisotopic (exact) mass is 371 g/mol. The van der Waals surface area contributed by atoms with Crippen LogP contribution in [0.1, 0.15) is 51.2 Å². The molecule has 0 saturated heterocycles. The van der Waals surface area contributed by atoms with Crippen LogP contribution >= 0.6 is 0 Å². The van der Waals surface area contributed by atoms with Gasteiger partial charge in [-0.3, -0.25) is 0 Å². The van der Waals surface area contributed by atoms with Crippen LogP contribution in [0.15, 0.2) is 72.3 Å². The van der Waals surface area contributed by atoms with Crippen molar-refractivity contribution in [1.82, 2.24) is 4.90 Å². The van der Waals surface area contributed by atoms with E-state index in [0.29, 0.717) is 11.8 Å². The standard InChI is InChI=1S/C27H33N/c1-5-28(6-2)18-17-20-15-16-21(19-20)27(3,4)26-24-13-9-7-11-22(24)23-12-8-10-14-25(23)26/h7-16,19,21,26H,5-6,17-18H2,1-4H3. The maximum atomic E-state index is 2.53. The first-order chi connectivity index (χ1) is 13.6. The second-order valence-electron chi connectivity index (χ2n) is 8.83. The fourth-order valence-electron chi connectivity index (χ4n) is 5.18. The summed E-state index contributed by atoms with van der Waals surface area (Å²) in [6, 6.07) is 18.0. The Labute approximate surface area is 170 Å². The van der Waals surface area contributed by atoms with Gasteiger partial charge in [-0.15, -0.1) is 0 Å². The Morgan fingerprint density at radius 3 is 2.00 bits per heavy atom. The van der Waals surface area contributed by atoms with Gasteiger partial charge < -0.3 is 4.90 Å². The Hall–Kier alpha value is -2.12. The van der Waals surface area contributed by atoms with E-state index in [1.165, 1.54) is 27.8 Å². The molecule has 2 aromatic carbocycles. The first kappa shape index (κ1) is 19.2. The molecule has 0 amide bonds. The molecule has 1 atom stereocenters. The van der Waals surface area contributed by atoms with Crippen molar-refractivity contribution < 1.29 is 0 Å². The molecule has 2 aliphatic carbocycles. The summed E-state index contributed by atoms with van der Waals surface area (Å²) in [5, 5.41) is 0. The minimum absolute atomic E-state index is 0.135. The molecule has 1 unspecified atom stereocenters. The van der Waals surface area contributed by atoms with Crippen LogP contribution in [0, 0.1) is 11.3 Å². The summed E-state index contributed by atoms with van der Waals surface area (Å²) in [6.07, 6.45) is 8.51. The molecular formula is C27H33N. The summed E-state index contributed by atoms with van der Waals surface area (Å²) in [6.45, 7) is 12.8. The minimum Gasteiger partial charge on any atom is -0.304 e. The molecular weight excluding hydrogens is 338 g/mol. The van der Waals surface area contributed by atoms with Crippen molar-refractivity contribution >= 4 is 0 Å². The van der Waals surface area contributed by atoms with Crippen molar-refractivity contribution in [2.24, 2.45) is 11.3 Å². The van der Waals surface area contributed by atoms with E-state index in [1.54, 1.807) is 0 Å². The van der Waals surface area contributed by atoms with Crippen LogP contribution in [-0.4, -0.2) is 24.5 Å². The molecule has 0 aromatic heterocycles. The third-order valence-electron chi connectivity index (χ3n) is 6.96. The highest BCUT2D eigenvalue weighted by Crippen LogP contribution is 2.56. The predicted octanol–water partition coefficient (Wildman–Crippen LogP) is 6.67. The molecule has 0 saturated carbocycles. The van der Waals surface area contributed by atoms with Gasteiger partial charge in [-0.25, -0.2) is 0 Å². The van der Waals surface area contributed by atoms with Gasteiger partial charge in [-0.1, -0.05) is 100 Å². The van der Waals surface area contributed by atoms with Crippen molar-refractivity contribution in [1.29, 1.82) is 0 Å². The number of fused-ring (bicyclic) bond motifs is 3. The van der Waals surface area contributed by atoms with Crippen LogP contribution in [0.5, 0.6) is 0 Å². The first-order valence-electron chi connectivity index (χ1n) is 10.9. The van der Waals surface area contributed by atoms with Gasteiger partial charge in [-0.05, 0) is 47.2 Å². The van der Waals surface area contributed by atoms with Crippen LogP contribution in [0.25, 0.3) is 11.1 Å². The molecule has 0 N–H and O–H groups in total. The average Bonchev–Trinajstić information content (AvgIpc) is 3.32. The van der Waals surface area contributed by atoms with Crippen LogP contribution in [0.2, 0.25) is 0 Å². The van der Waals surface area contributed by atoms with Gasteiger partial charge in [-0.2, -0.15) is 0 Å². The van der Waals surface area contributed by atoms with E-state index in [4.69, 9.17) is 0 Å². The number of benzene rings is 2. The fourth-order valence-corrected chi connectivity index (χ4v) is 5.18. The Bertz CT molecular complexity index is 852. The highest BCUT2D eigenvalue weighted by Gasteiger charge is 2.42. The van der Waals surface area contributed by atoms with Crippen molar-refractivity contribution in [2.45, 2.75) is 40.0 Å². The molecule has 0 heterocycles. The Morgan fingerprint density at radius 1 is 0.857 bits per heavy atom. The van der Waals surface area contributed by atoms with Gasteiger partial charge in [0.05, 0.1) is 0 Å². The summed E-state index contributed by atoms with van der Waals surface area (Å²) >= 11 is 0. The van der Waals surface area contributed by atoms with E-state index in [1.807, 2.05) is 0 Å². The van der Waals surface area contributed by atoms with Crippen molar-refractivity contribution in [3.8, 4) is 11.1 Å². The SMILES string of the molecule is CCN(CC)CCC1=CC(C(C)(C)C2c3ccccc3-c3ccccc32)C=C1. The molecule has 0 bridgehead atoms. The third-order valence-corrected chi connectivity index (χ3v) is 6.96. The summed E-state index contributed by atoms with van der Waals surface area (Å²) in [5.41, 5.74) is 7.47. The Morgan fingerprint density at radius 2 is 1.43 bits per heavy atom. The Kier molecular flexibility index (Phi) is 5.29. The van der Waals surface area contributed by atoms with Crippen LogP contribution in [0.3, 0.4) is 0 Å². The van der Waals surface area contributed by atoms with E-state index in [2.05, 4.69) is 99.4 Å². The fraction of sp³-hybridized carbons (Fsp3) is 0.407. The molecule has 0 fully saturated rings. The van der Waals surface area contributed by atoms with Crippen LogP contribution < -0.4 is 0 Å². The molecule has 0 spiro atoms. The molecule has 146 valence electrons. The quantitative estimate of drug-likeness (QED) is 0.525. The van der Waals surface area contributed by atoms with Gasteiger partial charge in [0.25, 0.3) is 0 Å². The number of nitrogens with zero attached hydrogens (tertiary/aromatic N) is 1. The lowest BCUT2D eigenvalue weighted by molar-refractivity contribution is 0.266. The van der Waals surface area contributed by atoms with E-state index < -0.39 is 0 Å². The normalized spacial score (nSPS) is 18.5. The predicted molar refractivity (Wildman–Crippen MR) is 121 cm³/mol. The van der Waals surface area contributed by atoms with Crippen LogP contribution in [-0.2, 0) is 0 Å². The van der Waals surface area contributed by atoms with Crippen molar-refractivity contribution in [3.05, 3.63) is 83.5 Å². The smallest absolute Gasteiger partial charge is 0.0161 e. The van der Waals surface area contributed by atoms with Crippen molar-refractivity contribution in [2.75, 3.05) is 19.6 Å². The zero-order valence-corrected chi connectivity index (χ0v) is 17.8. The number of hydrogen-bond acceptors (Lipinski definition) is 1. The lowest BCUT2D eigenvalue weighted by Crippen LogP contribution is -2.28. The van der Waals surface area contributed by atoms with Crippen molar-refractivity contribution in [3.63, 3.8) is 0 Å². The lowest BCUT2D eigenvalue weighted by Gasteiger charge is -2.37. The summed E-state index contributed by atoms with van der Waals surface area (Å²) in [7, 11) is 0. The van der Waals surface area contributed by atoms with Gasteiger partial charge in [0, 0.05) is 18.4 Å². The van der Waals surface area contributed by atoms with Gasteiger partial charge in [0.15, 0.2) is 0 Å². The minimum atomic E-state index is 0.135. The Balaban J connectivity index is 1.62. The van der Waals surface area contributed by atoms with Crippen LogP contribution in [0.4, 0.5) is 0 Å². The second kappa shape index (κ2) is 7.72. The van der Waals surface area contributed by atoms with E-state index in [-0.39, 0.29) is 5.41 Å². The maximum absolute atomic E-state index is 2.53. The summed E-state index contributed by atoms with van der Waals surface area (Å²) < 4.78 is 0. The van der Waals surface area contributed by atoms with Gasteiger partial charge in [0.2, 0.25) is 0 Å². The van der Waals surface area contributed by atoms with Gasteiger partial charge >= 0.3 is 0 Å². The molecule has 0 radical (unpaired) electrons. The molecule has 28 heavy (non-hydrogen) atoms. The number of rotatable bonds is 7. The third kappa shape index (κ3) is 3.26. The van der Waals surface area contributed by atoms with E-state index in [9.17, 15) is 0 Å². The molecule has 1 nitrogen and oxygen atoms in total. The highest BCUT2D eigenvalue weighted by molar-refractivity contribution is 5.79. The highest BCUT2D eigenvalue weighted by atomic mass is 15.1. The molecule has 2 aromatic rings. The number of allylic oxidation sites excluding steroid dienone is 3. The molecule has 2 aliphatic rings. The molecule has 4 rings (SSSR count). The topological polar surface area (TPSA) is 3.24 Å². The largest absolute Gasteiger partial charge is 0.304 e. The lowest BCUT2D eigenvalue weighted by atomic mass is 9.66. The first-order valence-corrected chi connectivity index (χ1v) is 10.9. The maximum Gasteiger partial charge on any atom is 0.0161 e. The van der Waals surface area contributed by atoms with Gasteiger partial charge in [0.1, 0.15) is 0 Å². The number of hydrogen-bond donors (Lipinski definition) is 0. The zero-order chi connectivity index (χ0) is 19.7. The second-order valence-corrected chi connectivity index (χ2v) is 8.83. The average molecular weight is 372 g/mol. The van der Waals surface area contributed by atoms with E-state index >= 15 is 0 Å². The van der Waals surface area contributed by atoms with E-state index in [0.717, 1.165) is 26.1 Å². The zero-order valence-electron chi connectivity index (χ0n) is 17.8. The molecule has 0 aliphatic heterocycles. The summed E-state index contributed by atoms with van der Waals surface area (Å²) in [4.78, 5) is 2.51. The summed E-state index contributed by atoms with van der Waals surface area (Å²) in [5.74, 6) is 0.913.